The number of carbonyl (C=O) groups excluding carboxylic acids is 1. The smallest absolute Gasteiger partial charge is 0.163 e. The van der Waals surface area contributed by atoms with Crippen LogP contribution < -0.4 is 0 Å². The van der Waals surface area contributed by atoms with Crippen LogP contribution in [-0.4, -0.2) is 10.9 Å². The number of rotatable bonds is 1. The zero-order chi connectivity index (χ0) is 9.30. The van der Waals surface area contributed by atoms with E-state index < -0.39 is 0 Å². The molecule has 2 nitrogen and oxygen atoms in total. The molecule has 0 amide bonds. The summed E-state index contributed by atoms with van der Waals surface area (Å²) in [4.78, 5) is 10.9. The van der Waals surface area contributed by atoms with Gasteiger partial charge in [0.15, 0.2) is 5.78 Å². The van der Waals surface area contributed by atoms with Crippen LogP contribution in [0.5, 0.6) is 5.75 Å². The number of Topliss-reactive ketones (excluding diaryl/α,β-unsaturated/α-hetero) is 1. The summed E-state index contributed by atoms with van der Waals surface area (Å²) >= 11 is 11.2. The number of benzene rings is 1. The summed E-state index contributed by atoms with van der Waals surface area (Å²) in [5.74, 6) is -0.386. The van der Waals surface area contributed by atoms with Gasteiger partial charge in [0, 0.05) is 6.07 Å². The van der Waals surface area contributed by atoms with Crippen molar-refractivity contribution in [3.63, 3.8) is 0 Å². The summed E-state index contributed by atoms with van der Waals surface area (Å²) in [6, 6.07) is 2.60. The molecular formula is C8H6Cl2O2. The van der Waals surface area contributed by atoms with Gasteiger partial charge in [-0.05, 0) is 13.0 Å². The maximum absolute atomic E-state index is 10.9. The van der Waals surface area contributed by atoms with Crippen LogP contribution in [0.25, 0.3) is 0 Å². The van der Waals surface area contributed by atoms with E-state index >= 15 is 0 Å². The van der Waals surface area contributed by atoms with Crippen molar-refractivity contribution in [1.82, 2.24) is 0 Å². The van der Waals surface area contributed by atoms with Crippen molar-refractivity contribution in [3.05, 3.63) is 27.7 Å². The van der Waals surface area contributed by atoms with E-state index in [9.17, 15) is 9.90 Å². The summed E-state index contributed by atoms with van der Waals surface area (Å²) in [5.41, 5.74) is 0.185. The number of phenolic OH excluding ortho intramolecular Hbond substituents is 1. The summed E-state index contributed by atoms with van der Waals surface area (Å²) < 4.78 is 0. The SMILES string of the molecule is CC(=O)c1cc(Cl)c(Cl)cc1O. The van der Waals surface area contributed by atoms with Crippen LogP contribution in [0.15, 0.2) is 12.1 Å². The Kier molecular flexibility index (Phi) is 2.60. The minimum absolute atomic E-state index is 0.142. The molecule has 0 atom stereocenters. The molecule has 12 heavy (non-hydrogen) atoms. The van der Waals surface area contributed by atoms with E-state index in [4.69, 9.17) is 23.2 Å². The van der Waals surface area contributed by atoms with Crippen LogP contribution in [-0.2, 0) is 0 Å². The minimum Gasteiger partial charge on any atom is -0.507 e. The quantitative estimate of drug-likeness (QED) is 0.715. The highest BCUT2D eigenvalue weighted by Crippen LogP contribution is 2.29. The molecule has 1 aromatic rings. The standard InChI is InChI=1S/C8H6Cl2O2/c1-4(11)5-2-6(9)7(10)3-8(5)12/h2-3,12H,1H3. The lowest BCUT2D eigenvalue weighted by Crippen LogP contribution is -1.92. The molecule has 0 aliphatic heterocycles. The zero-order valence-corrected chi connectivity index (χ0v) is 7.78. The van der Waals surface area contributed by atoms with Crippen molar-refractivity contribution in [2.75, 3.05) is 0 Å². The van der Waals surface area contributed by atoms with Gasteiger partial charge in [0.05, 0.1) is 15.6 Å². The largest absolute Gasteiger partial charge is 0.507 e. The minimum atomic E-state index is -0.244. The lowest BCUT2D eigenvalue weighted by atomic mass is 10.1. The fraction of sp³-hybridized carbons (Fsp3) is 0.125. The molecule has 4 heteroatoms. The van der Waals surface area contributed by atoms with Gasteiger partial charge in [-0.1, -0.05) is 23.2 Å². The number of phenols is 1. The van der Waals surface area contributed by atoms with Gasteiger partial charge in [0.2, 0.25) is 0 Å². The first-order chi connectivity index (χ1) is 5.52. The molecule has 64 valence electrons. The highest BCUT2D eigenvalue weighted by atomic mass is 35.5. The predicted molar refractivity (Wildman–Crippen MR) is 48.1 cm³/mol. The van der Waals surface area contributed by atoms with E-state index in [2.05, 4.69) is 0 Å². The fourth-order valence-electron chi connectivity index (χ4n) is 0.818. The lowest BCUT2D eigenvalue weighted by Gasteiger charge is -2.02. The molecule has 0 radical (unpaired) electrons. The van der Waals surface area contributed by atoms with E-state index in [0.717, 1.165) is 0 Å². The predicted octanol–water partition coefficient (Wildman–Crippen LogP) is 2.90. The van der Waals surface area contributed by atoms with Crippen LogP contribution in [0, 0.1) is 0 Å². The van der Waals surface area contributed by atoms with E-state index in [0.29, 0.717) is 0 Å². The van der Waals surface area contributed by atoms with Crippen molar-refractivity contribution in [2.24, 2.45) is 0 Å². The molecule has 0 heterocycles. The van der Waals surface area contributed by atoms with Gasteiger partial charge < -0.3 is 5.11 Å². The molecule has 1 N–H and O–H groups in total. The molecule has 0 saturated heterocycles. The highest BCUT2D eigenvalue weighted by molar-refractivity contribution is 6.42. The van der Waals surface area contributed by atoms with Crippen LogP contribution in [0.4, 0.5) is 0 Å². The maximum Gasteiger partial charge on any atom is 0.163 e. The maximum atomic E-state index is 10.9. The van der Waals surface area contributed by atoms with Crippen LogP contribution in [0.3, 0.4) is 0 Å². The third-order valence-electron chi connectivity index (χ3n) is 1.42. The Morgan fingerprint density at radius 3 is 2.33 bits per heavy atom. The monoisotopic (exact) mass is 204 g/mol. The molecule has 0 unspecified atom stereocenters. The molecule has 0 aromatic heterocycles. The third kappa shape index (κ3) is 1.71. The Morgan fingerprint density at radius 2 is 1.83 bits per heavy atom. The summed E-state index contributed by atoms with van der Waals surface area (Å²) in [6.45, 7) is 1.35. The second-order valence-electron chi connectivity index (χ2n) is 2.34. The Hall–Kier alpha value is -0.730. The third-order valence-corrected chi connectivity index (χ3v) is 2.14. The Labute approximate surface area is 79.7 Å². The summed E-state index contributed by atoms with van der Waals surface area (Å²) in [7, 11) is 0. The Morgan fingerprint density at radius 1 is 1.33 bits per heavy atom. The van der Waals surface area contributed by atoms with Gasteiger partial charge in [0.25, 0.3) is 0 Å². The van der Waals surface area contributed by atoms with Crippen LogP contribution in [0.2, 0.25) is 10.0 Å². The van der Waals surface area contributed by atoms with Gasteiger partial charge in [-0.15, -0.1) is 0 Å². The van der Waals surface area contributed by atoms with Crippen LogP contribution in [0.1, 0.15) is 17.3 Å². The highest BCUT2D eigenvalue weighted by Gasteiger charge is 2.09. The Balaban J connectivity index is 3.33. The molecule has 1 rings (SSSR count). The first kappa shape index (κ1) is 9.36. The fourth-order valence-corrected chi connectivity index (χ4v) is 1.14. The zero-order valence-electron chi connectivity index (χ0n) is 6.27. The molecular weight excluding hydrogens is 199 g/mol. The van der Waals surface area contributed by atoms with Gasteiger partial charge in [-0.25, -0.2) is 0 Å². The topological polar surface area (TPSA) is 37.3 Å². The van der Waals surface area contributed by atoms with Gasteiger partial charge in [0.1, 0.15) is 5.75 Å². The number of halogens is 2. The molecule has 0 aliphatic rings. The second-order valence-corrected chi connectivity index (χ2v) is 3.15. The van der Waals surface area contributed by atoms with E-state index in [1.807, 2.05) is 0 Å². The molecule has 0 aliphatic carbocycles. The number of hydrogen-bond donors (Lipinski definition) is 1. The number of hydrogen-bond acceptors (Lipinski definition) is 2. The molecule has 0 fully saturated rings. The first-order valence-corrected chi connectivity index (χ1v) is 3.97. The van der Waals surface area contributed by atoms with Crippen molar-refractivity contribution in [2.45, 2.75) is 6.92 Å². The normalized spacial score (nSPS) is 9.92. The number of aromatic hydroxyl groups is 1. The van der Waals surface area contributed by atoms with Crippen molar-refractivity contribution < 1.29 is 9.90 Å². The van der Waals surface area contributed by atoms with Crippen LogP contribution >= 0.6 is 23.2 Å². The molecule has 1 aromatic carbocycles. The molecule has 0 bridgehead atoms. The average molecular weight is 205 g/mol. The van der Waals surface area contributed by atoms with Gasteiger partial charge in [-0.2, -0.15) is 0 Å². The molecule has 0 saturated carbocycles. The number of carbonyl (C=O) groups is 1. The van der Waals surface area contributed by atoms with Crippen molar-refractivity contribution in [3.8, 4) is 5.75 Å². The van der Waals surface area contributed by atoms with E-state index in [-0.39, 0.29) is 27.1 Å². The van der Waals surface area contributed by atoms with Crippen molar-refractivity contribution in [1.29, 1.82) is 0 Å². The lowest BCUT2D eigenvalue weighted by molar-refractivity contribution is 0.101. The average Bonchev–Trinajstić information content (AvgIpc) is 1.96. The number of ketones is 1. The second kappa shape index (κ2) is 3.33. The van der Waals surface area contributed by atoms with Gasteiger partial charge in [-0.3, -0.25) is 4.79 Å². The molecule has 0 spiro atoms. The first-order valence-electron chi connectivity index (χ1n) is 3.21. The summed E-state index contributed by atoms with van der Waals surface area (Å²) in [5, 5.41) is 9.72. The Bertz CT molecular complexity index is 334. The van der Waals surface area contributed by atoms with E-state index in [1.165, 1.54) is 19.1 Å². The van der Waals surface area contributed by atoms with Gasteiger partial charge >= 0.3 is 0 Å². The van der Waals surface area contributed by atoms with E-state index in [1.54, 1.807) is 0 Å². The summed E-state index contributed by atoms with van der Waals surface area (Å²) in [6.07, 6.45) is 0. The van der Waals surface area contributed by atoms with Crippen molar-refractivity contribution >= 4 is 29.0 Å².